The van der Waals surface area contributed by atoms with Crippen molar-refractivity contribution in [3.8, 4) is 0 Å². The highest BCUT2D eigenvalue weighted by atomic mass is 32.1. The maximum absolute atomic E-state index is 11.0. The van der Waals surface area contributed by atoms with E-state index in [1.54, 1.807) is 14.1 Å². The van der Waals surface area contributed by atoms with Crippen molar-refractivity contribution in [1.82, 2.24) is 20.6 Å². The van der Waals surface area contributed by atoms with Crippen LogP contribution in [-0.2, 0) is 0 Å². The number of anilines is 2. The Morgan fingerprint density at radius 1 is 0.714 bits per heavy atom. The van der Waals surface area contributed by atoms with Crippen LogP contribution in [0.4, 0.5) is 19.9 Å². The van der Waals surface area contributed by atoms with E-state index in [1.165, 1.54) is 22.7 Å². The number of hydrogen-bond acceptors (Lipinski definition) is 6. The minimum atomic E-state index is -0.246. The smallest absolute Gasteiger partial charge is 0.320 e. The number of nitrogens with zero attached hydrogens (tertiary/aromatic N) is 2. The molecule has 0 aliphatic rings. The lowest BCUT2D eigenvalue weighted by molar-refractivity contribution is 0.253. The summed E-state index contributed by atoms with van der Waals surface area (Å²) in [5, 5.41) is 11.5. The molecule has 4 aromatic rings. The van der Waals surface area contributed by atoms with Gasteiger partial charge in [-0.1, -0.05) is 46.9 Å². The lowest BCUT2D eigenvalue weighted by atomic mass is 10.3. The van der Waals surface area contributed by atoms with Crippen LogP contribution in [-0.4, -0.2) is 36.1 Å². The van der Waals surface area contributed by atoms with Crippen molar-refractivity contribution < 1.29 is 9.59 Å². The van der Waals surface area contributed by atoms with E-state index in [1.807, 2.05) is 48.5 Å². The molecule has 0 aliphatic heterocycles. The number of carbonyl (C=O) groups is 2. The number of hydrogen-bond donors (Lipinski definition) is 4. The van der Waals surface area contributed by atoms with Crippen LogP contribution >= 0.6 is 22.7 Å². The highest BCUT2D eigenvalue weighted by molar-refractivity contribution is 7.22. The number of nitrogens with one attached hydrogen (secondary N) is 4. The summed E-state index contributed by atoms with van der Waals surface area (Å²) in [6.07, 6.45) is 0. The van der Waals surface area contributed by atoms with Crippen molar-refractivity contribution in [3.63, 3.8) is 0 Å². The van der Waals surface area contributed by atoms with Gasteiger partial charge in [0.25, 0.3) is 0 Å². The fourth-order valence-electron chi connectivity index (χ4n) is 2.17. The number of fused-ring (bicyclic) bond motifs is 2. The van der Waals surface area contributed by atoms with Crippen LogP contribution in [0.15, 0.2) is 48.5 Å². The third-order valence-electron chi connectivity index (χ3n) is 3.48. The van der Waals surface area contributed by atoms with Gasteiger partial charge in [-0.3, -0.25) is 10.6 Å². The zero-order valence-corrected chi connectivity index (χ0v) is 16.8. The maximum Gasteiger partial charge on any atom is 0.320 e. The second kappa shape index (κ2) is 9.11. The molecule has 144 valence electrons. The highest BCUT2D eigenvalue weighted by Gasteiger charge is 2.05. The van der Waals surface area contributed by atoms with Gasteiger partial charge in [0.1, 0.15) is 0 Å². The van der Waals surface area contributed by atoms with Crippen LogP contribution in [0, 0.1) is 0 Å². The Labute approximate surface area is 169 Å². The van der Waals surface area contributed by atoms with Crippen molar-refractivity contribution >= 4 is 65.4 Å². The molecule has 2 aromatic carbocycles. The molecule has 0 unspecified atom stereocenters. The van der Waals surface area contributed by atoms with Crippen molar-refractivity contribution in [2.75, 3.05) is 24.7 Å². The fourth-order valence-corrected chi connectivity index (χ4v) is 3.89. The van der Waals surface area contributed by atoms with Crippen molar-refractivity contribution in [2.24, 2.45) is 0 Å². The predicted octanol–water partition coefficient (Wildman–Crippen LogP) is 4.10. The van der Waals surface area contributed by atoms with E-state index in [0.29, 0.717) is 10.3 Å². The van der Waals surface area contributed by atoms with Gasteiger partial charge in [-0.05, 0) is 24.3 Å². The number of aromatic nitrogens is 2. The standard InChI is InChI=1S/2C9H9N3OS/c2*1-10-8(13)12-9-11-6-4-2-3-5-7(6)14-9/h2*2-5H,1H3,(H2,10,11,12,13). The van der Waals surface area contributed by atoms with Crippen LogP contribution < -0.4 is 21.3 Å². The number of rotatable bonds is 2. The molecule has 4 amide bonds. The molecule has 8 nitrogen and oxygen atoms in total. The van der Waals surface area contributed by atoms with Gasteiger partial charge >= 0.3 is 12.1 Å². The van der Waals surface area contributed by atoms with Gasteiger partial charge in [-0.25, -0.2) is 19.6 Å². The van der Waals surface area contributed by atoms with E-state index in [4.69, 9.17) is 0 Å². The summed E-state index contributed by atoms with van der Waals surface area (Å²) < 4.78 is 2.14. The fraction of sp³-hybridized carbons (Fsp3) is 0.111. The van der Waals surface area contributed by atoms with Gasteiger partial charge < -0.3 is 10.6 Å². The first-order chi connectivity index (χ1) is 13.6. The SMILES string of the molecule is CNC(=O)Nc1nc2ccccc2s1.CNC(=O)Nc1nc2ccccc2s1. The summed E-state index contributed by atoms with van der Waals surface area (Å²) in [5.41, 5.74) is 1.81. The number of urea groups is 2. The van der Waals surface area contributed by atoms with Crippen LogP contribution in [0.5, 0.6) is 0 Å². The first kappa shape index (κ1) is 19.5. The van der Waals surface area contributed by atoms with E-state index >= 15 is 0 Å². The second-order valence-corrected chi connectivity index (χ2v) is 7.44. The molecule has 4 rings (SSSR count). The van der Waals surface area contributed by atoms with Gasteiger partial charge in [0.05, 0.1) is 20.4 Å². The van der Waals surface area contributed by atoms with E-state index < -0.39 is 0 Å². The summed E-state index contributed by atoms with van der Waals surface area (Å²) in [5.74, 6) is 0. The van der Waals surface area contributed by atoms with E-state index in [-0.39, 0.29) is 12.1 Å². The number of amides is 4. The maximum atomic E-state index is 11.0. The predicted molar refractivity (Wildman–Crippen MR) is 115 cm³/mol. The lowest BCUT2D eigenvalue weighted by Gasteiger charge is -1.97. The van der Waals surface area contributed by atoms with Crippen molar-refractivity contribution in [2.45, 2.75) is 0 Å². The average molecular weight is 415 g/mol. The van der Waals surface area contributed by atoms with E-state index in [2.05, 4.69) is 31.2 Å². The second-order valence-electron chi connectivity index (χ2n) is 5.38. The monoisotopic (exact) mass is 414 g/mol. The van der Waals surface area contributed by atoms with Gasteiger partial charge in [0, 0.05) is 14.1 Å². The minimum Gasteiger partial charge on any atom is -0.341 e. The first-order valence-corrected chi connectivity index (χ1v) is 9.91. The van der Waals surface area contributed by atoms with Crippen LogP contribution in [0.25, 0.3) is 20.4 Å². The summed E-state index contributed by atoms with van der Waals surface area (Å²) in [7, 11) is 3.14. The number of benzene rings is 2. The third kappa shape index (κ3) is 4.93. The van der Waals surface area contributed by atoms with Crippen molar-refractivity contribution in [1.29, 1.82) is 0 Å². The first-order valence-electron chi connectivity index (χ1n) is 8.27. The van der Waals surface area contributed by atoms with Gasteiger partial charge in [-0.2, -0.15) is 0 Å². The van der Waals surface area contributed by atoms with Gasteiger partial charge in [-0.15, -0.1) is 0 Å². The van der Waals surface area contributed by atoms with Gasteiger partial charge in [0.15, 0.2) is 10.3 Å². The summed E-state index contributed by atoms with van der Waals surface area (Å²) in [6, 6.07) is 15.0. The summed E-state index contributed by atoms with van der Waals surface area (Å²) >= 11 is 2.92. The molecular weight excluding hydrogens is 396 g/mol. The number of thiazole rings is 2. The third-order valence-corrected chi connectivity index (χ3v) is 5.39. The Bertz CT molecular complexity index is 954. The van der Waals surface area contributed by atoms with Crippen LogP contribution in [0.1, 0.15) is 0 Å². The molecule has 4 N–H and O–H groups in total. The Hall–Kier alpha value is -3.24. The molecule has 0 aliphatic carbocycles. The van der Waals surface area contributed by atoms with E-state index in [9.17, 15) is 9.59 Å². The molecule has 0 saturated carbocycles. The Morgan fingerprint density at radius 3 is 1.46 bits per heavy atom. The number of carbonyl (C=O) groups excluding carboxylic acids is 2. The molecule has 0 radical (unpaired) electrons. The van der Waals surface area contributed by atoms with Crippen LogP contribution in [0.2, 0.25) is 0 Å². The van der Waals surface area contributed by atoms with Gasteiger partial charge in [0.2, 0.25) is 0 Å². The lowest BCUT2D eigenvalue weighted by Crippen LogP contribution is -2.24. The largest absolute Gasteiger partial charge is 0.341 e. The molecule has 0 atom stereocenters. The minimum absolute atomic E-state index is 0.246. The molecule has 28 heavy (non-hydrogen) atoms. The average Bonchev–Trinajstić information content (AvgIpc) is 3.30. The Morgan fingerprint density at radius 2 is 1.11 bits per heavy atom. The summed E-state index contributed by atoms with van der Waals surface area (Å²) in [6.45, 7) is 0. The normalized spacial score (nSPS) is 10.1. The van der Waals surface area contributed by atoms with E-state index in [0.717, 1.165) is 20.4 Å². The highest BCUT2D eigenvalue weighted by Crippen LogP contribution is 2.25. The zero-order chi connectivity index (χ0) is 19.9. The van der Waals surface area contributed by atoms with Crippen LogP contribution in [0.3, 0.4) is 0 Å². The molecular formula is C18H18N6O2S2. The Kier molecular flexibility index (Phi) is 6.35. The summed E-state index contributed by atoms with van der Waals surface area (Å²) in [4.78, 5) is 30.5. The molecule has 2 aromatic heterocycles. The zero-order valence-electron chi connectivity index (χ0n) is 15.1. The molecule has 0 saturated heterocycles. The molecule has 10 heteroatoms. The van der Waals surface area contributed by atoms with Crippen molar-refractivity contribution in [3.05, 3.63) is 48.5 Å². The molecule has 0 fully saturated rings. The number of para-hydroxylation sites is 2. The quantitative estimate of drug-likeness (QED) is 0.396. The molecule has 0 bridgehead atoms. The Balaban J connectivity index is 0.000000161. The molecule has 2 heterocycles. The topological polar surface area (TPSA) is 108 Å². The molecule has 0 spiro atoms.